The molecule has 0 amide bonds. The number of halogens is 1. The van der Waals surface area contributed by atoms with E-state index in [1.54, 1.807) is 23.5 Å². The summed E-state index contributed by atoms with van der Waals surface area (Å²) in [5.74, 6) is -0.916. The van der Waals surface area contributed by atoms with Crippen LogP contribution in [-0.4, -0.2) is 20.5 Å². The number of thiazole rings is 1. The van der Waals surface area contributed by atoms with Gasteiger partial charge in [-0.2, -0.15) is 0 Å². The van der Waals surface area contributed by atoms with Crippen LogP contribution in [0.25, 0.3) is 16.2 Å². The maximum Gasteiger partial charge on any atom is 0.347 e. The van der Waals surface area contributed by atoms with Crippen molar-refractivity contribution in [2.24, 2.45) is 0 Å². The summed E-state index contributed by atoms with van der Waals surface area (Å²) in [6.07, 6.45) is 1.84. The van der Waals surface area contributed by atoms with Crippen LogP contribution in [0.15, 0.2) is 30.5 Å². The lowest BCUT2D eigenvalue weighted by Gasteiger charge is -1.96. The summed E-state index contributed by atoms with van der Waals surface area (Å²) in [6, 6.07) is 7.39. The third-order valence-electron chi connectivity index (χ3n) is 2.89. The van der Waals surface area contributed by atoms with Crippen LogP contribution >= 0.6 is 22.9 Å². The second kappa shape index (κ2) is 4.36. The molecule has 4 nitrogen and oxygen atoms in total. The number of nitrogens with zero attached hydrogens (tertiary/aromatic N) is 2. The van der Waals surface area contributed by atoms with Crippen molar-refractivity contribution in [2.45, 2.75) is 6.92 Å². The van der Waals surface area contributed by atoms with Gasteiger partial charge in [0, 0.05) is 22.5 Å². The first-order valence-electron chi connectivity index (χ1n) is 5.54. The van der Waals surface area contributed by atoms with Gasteiger partial charge in [-0.1, -0.05) is 35.1 Å². The molecule has 6 heteroatoms. The van der Waals surface area contributed by atoms with E-state index < -0.39 is 5.97 Å². The number of rotatable bonds is 2. The molecule has 0 aliphatic carbocycles. The van der Waals surface area contributed by atoms with Gasteiger partial charge in [-0.05, 0) is 19.1 Å². The molecule has 0 spiro atoms. The second-order valence-electron chi connectivity index (χ2n) is 4.11. The molecule has 3 aromatic rings. The van der Waals surface area contributed by atoms with Crippen molar-refractivity contribution in [3.8, 4) is 11.3 Å². The van der Waals surface area contributed by atoms with E-state index in [-0.39, 0.29) is 0 Å². The minimum Gasteiger partial charge on any atom is -0.477 e. The highest BCUT2D eigenvalue weighted by atomic mass is 35.5. The average Bonchev–Trinajstić information content (AvgIpc) is 2.90. The van der Waals surface area contributed by atoms with Crippen molar-refractivity contribution < 1.29 is 9.90 Å². The molecule has 19 heavy (non-hydrogen) atoms. The van der Waals surface area contributed by atoms with Crippen LogP contribution in [0, 0.1) is 6.92 Å². The van der Waals surface area contributed by atoms with Gasteiger partial charge >= 0.3 is 5.97 Å². The maximum absolute atomic E-state index is 11.0. The number of imidazole rings is 1. The van der Waals surface area contributed by atoms with Crippen LogP contribution in [-0.2, 0) is 0 Å². The molecule has 1 aromatic carbocycles. The predicted octanol–water partition coefficient (Wildman–Crippen LogP) is 3.72. The molecule has 0 fully saturated rings. The fourth-order valence-corrected chi connectivity index (χ4v) is 2.98. The van der Waals surface area contributed by atoms with Crippen molar-refractivity contribution in [3.63, 3.8) is 0 Å². The molecular weight excluding hydrogens is 284 g/mol. The number of hydrogen-bond donors (Lipinski definition) is 1. The SMILES string of the molecule is Cc1c(C(=O)O)sc2nc(-c3ccc(Cl)cc3)cn12. The minimum atomic E-state index is -0.916. The molecular formula is C13H9ClN2O2S. The Morgan fingerprint density at radius 3 is 2.63 bits per heavy atom. The van der Waals surface area contributed by atoms with Crippen LogP contribution in [0.1, 0.15) is 15.4 Å². The fourth-order valence-electron chi connectivity index (χ4n) is 1.91. The Bertz CT molecular complexity index is 774. The van der Waals surface area contributed by atoms with Crippen LogP contribution in [0.5, 0.6) is 0 Å². The Kier molecular flexibility index (Phi) is 2.80. The van der Waals surface area contributed by atoms with E-state index in [0.717, 1.165) is 11.3 Å². The first-order valence-corrected chi connectivity index (χ1v) is 6.73. The Morgan fingerprint density at radius 2 is 2.05 bits per heavy atom. The molecule has 0 saturated carbocycles. The molecule has 0 saturated heterocycles. The Hall–Kier alpha value is -1.85. The summed E-state index contributed by atoms with van der Waals surface area (Å²) in [5.41, 5.74) is 2.46. The van der Waals surface area contributed by atoms with Gasteiger partial charge in [-0.15, -0.1) is 0 Å². The van der Waals surface area contributed by atoms with Gasteiger partial charge in [0.15, 0.2) is 4.96 Å². The van der Waals surface area contributed by atoms with Crippen molar-refractivity contribution in [1.29, 1.82) is 0 Å². The Morgan fingerprint density at radius 1 is 1.37 bits per heavy atom. The first-order chi connectivity index (χ1) is 9.06. The number of carbonyl (C=O) groups is 1. The number of hydrogen-bond acceptors (Lipinski definition) is 3. The minimum absolute atomic E-state index is 0.324. The average molecular weight is 293 g/mol. The molecule has 0 unspecified atom stereocenters. The molecule has 0 atom stereocenters. The lowest BCUT2D eigenvalue weighted by Crippen LogP contribution is -1.96. The summed E-state index contributed by atoms with van der Waals surface area (Å²) in [5, 5.41) is 9.73. The molecule has 2 heterocycles. The van der Waals surface area contributed by atoms with Crippen LogP contribution in [0.4, 0.5) is 0 Å². The number of carboxylic acids is 1. The normalized spacial score (nSPS) is 11.1. The van der Waals surface area contributed by atoms with Gasteiger partial charge in [0.1, 0.15) is 4.88 Å². The highest BCUT2D eigenvalue weighted by Gasteiger charge is 2.16. The number of aromatic carboxylic acids is 1. The summed E-state index contributed by atoms with van der Waals surface area (Å²) in [7, 11) is 0. The van der Waals surface area contributed by atoms with Crippen LogP contribution in [0.2, 0.25) is 5.02 Å². The molecule has 0 aliphatic rings. The quantitative estimate of drug-likeness (QED) is 0.783. The number of aryl methyl sites for hydroxylation is 1. The van der Waals surface area contributed by atoms with E-state index in [0.29, 0.717) is 20.6 Å². The highest BCUT2D eigenvalue weighted by Crippen LogP contribution is 2.27. The smallest absolute Gasteiger partial charge is 0.347 e. The summed E-state index contributed by atoms with van der Waals surface area (Å²) >= 11 is 7.03. The lowest BCUT2D eigenvalue weighted by molar-refractivity contribution is 0.0701. The van der Waals surface area contributed by atoms with Crippen LogP contribution in [0.3, 0.4) is 0 Å². The Labute approximate surface area is 117 Å². The molecule has 0 radical (unpaired) electrons. The summed E-state index contributed by atoms with van der Waals surface area (Å²) in [4.78, 5) is 16.5. The molecule has 96 valence electrons. The third kappa shape index (κ3) is 2.01. The van der Waals surface area contributed by atoms with Gasteiger partial charge in [0.2, 0.25) is 0 Å². The van der Waals surface area contributed by atoms with E-state index in [2.05, 4.69) is 4.98 Å². The van der Waals surface area contributed by atoms with E-state index in [4.69, 9.17) is 16.7 Å². The number of carboxylic acid groups (broad SMARTS) is 1. The number of aromatic nitrogens is 2. The zero-order valence-corrected chi connectivity index (χ0v) is 11.5. The van der Waals surface area contributed by atoms with Crippen molar-refractivity contribution in [2.75, 3.05) is 0 Å². The van der Waals surface area contributed by atoms with Gasteiger partial charge < -0.3 is 5.11 Å². The monoisotopic (exact) mass is 292 g/mol. The van der Waals surface area contributed by atoms with Crippen molar-refractivity contribution in [3.05, 3.63) is 46.1 Å². The molecule has 3 rings (SSSR count). The van der Waals surface area contributed by atoms with E-state index in [1.165, 1.54) is 11.3 Å². The maximum atomic E-state index is 11.0. The van der Waals surface area contributed by atoms with Gasteiger partial charge in [-0.3, -0.25) is 4.40 Å². The highest BCUT2D eigenvalue weighted by molar-refractivity contribution is 7.19. The molecule has 0 bridgehead atoms. The lowest BCUT2D eigenvalue weighted by atomic mass is 10.2. The molecule has 1 N–H and O–H groups in total. The third-order valence-corrected chi connectivity index (χ3v) is 4.29. The standard InChI is InChI=1S/C13H9ClN2O2S/c1-7-11(12(17)18)19-13-15-10(6-16(7)13)8-2-4-9(14)5-3-8/h2-6H,1H3,(H,17,18). The van der Waals surface area contributed by atoms with Gasteiger partial charge in [-0.25, -0.2) is 9.78 Å². The van der Waals surface area contributed by atoms with Gasteiger partial charge in [0.05, 0.1) is 5.69 Å². The summed E-state index contributed by atoms with van der Waals surface area (Å²) < 4.78 is 1.80. The second-order valence-corrected chi connectivity index (χ2v) is 5.52. The van der Waals surface area contributed by atoms with Crippen LogP contribution < -0.4 is 0 Å². The van der Waals surface area contributed by atoms with Crippen molar-refractivity contribution >= 4 is 33.9 Å². The number of fused-ring (bicyclic) bond motifs is 1. The zero-order chi connectivity index (χ0) is 13.6. The predicted molar refractivity (Wildman–Crippen MR) is 75.2 cm³/mol. The summed E-state index contributed by atoms with van der Waals surface area (Å²) in [6.45, 7) is 1.78. The topological polar surface area (TPSA) is 54.6 Å². The molecule has 0 aliphatic heterocycles. The Balaban J connectivity index is 2.13. The van der Waals surface area contributed by atoms with E-state index in [9.17, 15) is 4.79 Å². The zero-order valence-electron chi connectivity index (χ0n) is 9.92. The van der Waals surface area contributed by atoms with Gasteiger partial charge in [0.25, 0.3) is 0 Å². The van der Waals surface area contributed by atoms with E-state index in [1.807, 2.05) is 18.3 Å². The largest absolute Gasteiger partial charge is 0.477 e. The van der Waals surface area contributed by atoms with E-state index >= 15 is 0 Å². The number of benzene rings is 1. The van der Waals surface area contributed by atoms with Crippen molar-refractivity contribution in [1.82, 2.24) is 9.38 Å². The first kappa shape index (κ1) is 12.2. The fraction of sp³-hybridized carbons (Fsp3) is 0.0769. The molecule has 2 aromatic heterocycles.